The Bertz CT molecular complexity index is 550. The predicted octanol–water partition coefficient (Wildman–Crippen LogP) is 1.51. The second kappa shape index (κ2) is 6.41. The topological polar surface area (TPSA) is 56.9 Å². The fraction of sp³-hybridized carbons (Fsp3) is 0.600. The van der Waals surface area contributed by atoms with E-state index in [0.717, 1.165) is 31.8 Å². The van der Waals surface area contributed by atoms with E-state index < -0.39 is 0 Å². The summed E-state index contributed by atoms with van der Waals surface area (Å²) in [5, 5.41) is 7.93. The van der Waals surface area contributed by atoms with Gasteiger partial charge >= 0.3 is 0 Å². The number of hydrogen-bond acceptors (Lipinski definition) is 4. The predicted molar refractivity (Wildman–Crippen MR) is 79.7 cm³/mol. The maximum Gasteiger partial charge on any atom is 0.139 e. The van der Waals surface area contributed by atoms with E-state index in [-0.39, 0.29) is 6.10 Å². The maximum absolute atomic E-state index is 5.88. The van der Waals surface area contributed by atoms with Crippen LogP contribution in [0.3, 0.4) is 0 Å². The molecule has 1 N–H and O–H groups in total. The summed E-state index contributed by atoms with van der Waals surface area (Å²) in [6.07, 6.45) is 9.75. The van der Waals surface area contributed by atoms with Crippen molar-refractivity contribution in [3.05, 3.63) is 36.7 Å². The van der Waals surface area contributed by atoms with E-state index in [1.165, 1.54) is 0 Å². The average molecular weight is 289 g/mol. The van der Waals surface area contributed by atoms with E-state index in [0.29, 0.717) is 12.1 Å². The van der Waals surface area contributed by atoms with Crippen LogP contribution in [0.25, 0.3) is 0 Å². The lowest BCUT2D eigenvalue weighted by Crippen LogP contribution is -2.39. The molecule has 6 nitrogen and oxygen atoms in total. The summed E-state index contributed by atoms with van der Waals surface area (Å²) in [6.45, 7) is 3.94. The first kappa shape index (κ1) is 14.3. The van der Waals surface area contributed by atoms with E-state index in [2.05, 4.69) is 22.3 Å². The minimum atomic E-state index is 0.0529. The van der Waals surface area contributed by atoms with Gasteiger partial charge in [0.2, 0.25) is 0 Å². The molecule has 6 heteroatoms. The first-order valence-corrected chi connectivity index (χ1v) is 7.56. The molecule has 3 atom stereocenters. The molecule has 1 aliphatic heterocycles. The number of rotatable bonds is 6. The Morgan fingerprint density at radius 3 is 3.05 bits per heavy atom. The highest BCUT2D eigenvalue weighted by molar-refractivity contribution is 5.03. The minimum absolute atomic E-state index is 0.0529. The van der Waals surface area contributed by atoms with E-state index in [1.807, 2.05) is 47.2 Å². The Hall–Kier alpha value is -1.66. The molecule has 0 saturated carbocycles. The number of nitrogens with zero attached hydrogens (tertiary/aromatic N) is 4. The van der Waals surface area contributed by atoms with E-state index in [1.54, 1.807) is 0 Å². The number of aryl methyl sites for hydroxylation is 2. The lowest BCUT2D eigenvalue weighted by molar-refractivity contribution is 0.0872. The summed E-state index contributed by atoms with van der Waals surface area (Å²) < 4.78 is 9.89. The summed E-state index contributed by atoms with van der Waals surface area (Å²) >= 11 is 0. The number of imidazole rings is 1. The van der Waals surface area contributed by atoms with Gasteiger partial charge in [-0.25, -0.2) is 4.98 Å². The molecule has 1 unspecified atom stereocenters. The molecule has 0 bridgehead atoms. The zero-order valence-corrected chi connectivity index (χ0v) is 12.6. The molecule has 0 amide bonds. The molecule has 0 aliphatic carbocycles. The molecule has 0 spiro atoms. The Labute approximate surface area is 125 Å². The molecular formula is C15H23N5O. The normalized spacial score (nSPS) is 23.5. The number of hydrogen-bond donors (Lipinski definition) is 1. The van der Waals surface area contributed by atoms with Gasteiger partial charge in [0.05, 0.1) is 0 Å². The van der Waals surface area contributed by atoms with Crippen molar-refractivity contribution in [3.8, 4) is 0 Å². The molecular weight excluding hydrogens is 266 g/mol. The summed E-state index contributed by atoms with van der Waals surface area (Å²) in [6, 6.07) is 2.71. The molecule has 0 radical (unpaired) electrons. The Morgan fingerprint density at radius 1 is 1.43 bits per heavy atom. The van der Waals surface area contributed by atoms with Crippen molar-refractivity contribution in [1.82, 2.24) is 24.6 Å². The van der Waals surface area contributed by atoms with Gasteiger partial charge in [0.15, 0.2) is 0 Å². The Balaban J connectivity index is 1.55. The second-order valence-electron chi connectivity index (χ2n) is 5.71. The minimum Gasteiger partial charge on any atom is -0.369 e. The van der Waals surface area contributed by atoms with Crippen LogP contribution in [-0.4, -0.2) is 38.0 Å². The Morgan fingerprint density at radius 2 is 2.33 bits per heavy atom. The van der Waals surface area contributed by atoms with Crippen LogP contribution in [0.4, 0.5) is 0 Å². The highest BCUT2D eigenvalue weighted by atomic mass is 16.5. The first-order valence-electron chi connectivity index (χ1n) is 7.56. The van der Waals surface area contributed by atoms with Gasteiger partial charge in [-0.05, 0) is 25.8 Å². The molecule has 3 rings (SSSR count). The van der Waals surface area contributed by atoms with Gasteiger partial charge in [-0.15, -0.1) is 0 Å². The summed E-state index contributed by atoms with van der Waals surface area (Å²) in [5.74, 6) is 1.00. The fourth-order valence-corrected chi connectivity index (χ4v) is 2.87. The molecule has 3 heterocycles. The highest BCUT2D eigenvalue weighted by Crippen LogP contribution is 2.28. The van der Waals surface area contributed by atoms with Crippen molar-refractivity contribution in [2.45, 2.75) is 44.5 Å². The summed E-state index contributed by atoms with van der Waals surface area (Å²) in [5.41, 5.74) is 0. The Kier molecular flexibility index (Phi) is 4.36. The van der Waals surface area contributed by atoms with Crippen LogP contribution in [0.1, 0.15) is 31.7 Å². The van der Waals surface area contributed by atoms with Gasteiger partial charge in [-0.1, -0.05) is 0 Å². The monoisotopic (exact) mass is 289 g/mol. The molecule has 1 saturated heterocycles. The zero-order chi connectivity index (χ0) is 14.7. The zero-order valence-electron chi connectivity index (χ0n) is 12.6. The molecule has 114 valence electrons. The quantitative estimate of drug-likeness (QED) is 0.876. The van der Waals surface area contributed by atoms with Gasteiger partial charge in [0.1, 0.15) is 11.9 Å². The molecule has 0 aromatic carbocycles. The number of nitrogens with one attached hydrogen (secondary N) is 1. The van der Waals surface area contributed by atoms with Gasteiger partial charge in [0.25, 0.3) is 0 Å². The van der Waals surface area contributed by atoms with Crippen LogP contribution in [-0.2, 0) is 18.3 Å². The van der Waals surface area contributed by atoms with Crippen molar-refractivity contribution in [1.29, 1.82) is 0 Å². The molecule has 2 aromatic rings. The van der Waals surface area contributed by atoms with E-state index in [9.17, 15) is 0 Å². The average Bonchev–Trinajstić information content (AvgIpc) is 3.18. The van der Waals surface area contributed by atoms with Crippen LogP contribution in [0.15, 0.2) is 30.9 Å². The summed E-state index contributed by atoms with van der Waals surface area (Å²) in [4.78, 5) is 4.43. The largest absolute Gasteiger partial charge is 0.369 e. The van der Waals surface area contributed by atoms with Crippen LogP contribution in [0, 0.1) is 0 Å². The van der Waals surface area contributed by atoms with Gasteiger partial charge in [-0.3, -0.25) is 4.68 Å². The van der Waals surface area contributed by atoms with Gasteiger partial charge in [0, 0.05) is 57.1 Å². The van der Waals surface area contributed by atoms with Crippen molar-refractivity contribution >= 4 is 0 Å². The van der Waals surface area contributed by atoms with E-state index in [4.69, 9.17) is 4.74 Å². The number of ether oxygens (including phenoxy) is 1. The third kappa shape index (κ3) is 3.33. The van der Waals surface area contributed by atoms with Gasteiger partial charge in [-0.2, -0.15) is 5.10 Å². The van der Waals surface area contributed by atoms with Gasteiger partial charge < -0.3 is 14.6 Å². The third-order valence-electron chi connectivity index (χ3n) is 4.05. The molecule has 2 aromatic heterocycles. The molecule has 1 fully saturated rings. The highest BCUT2D eigenvalue weighted by Gasteiger charge is 2.32. The van der Waals surface area contributed by atoms with Crippen LogP contribution >= 0.6 is 0 Å². The SMILES string of the molecule is CC(CCn1cccn1)N[C@H]1CCO[C@@H]1c1nccn1C. The maximum atomic E-state index is 5.88. The first-order chi connectivity index (χ1) is 10.2. The van der Waals surface area contributed by atoms with E-state index >= 15 is 0 Å². The standard InChI is InChI=1S/C15H23N5O/c1-12(4-9-20-8-3-6-17-20)18-13-5-11-21-14(13)15-16-7-10-19(15)2/h3,6-8,10,12-14,18H,4-5,9,11H2,1-2H3/t12?,13-,14-/m0/s1. The molecule has 1 aliphatic rings. The smallest absolute Gasteiger partial charge is 0.139 e. The lowest BCUT2D eigenvalue weighted by Gasteiger charge is -2.23. The second-order valence-corrected chi connectivity index (χ2v) is 5.71. The fourth-order valence-electron chi connectivity index (χ4n) is 2.87. The van der Waals surface area contributed by atoms with Crippen LogP contribution < -0.4 is 5.32 Å². The number of aromatic nitrogens is 4. The van der Waals surface area contributed by atoms with Crippen LogP contribution in [0.2, 0.25) is 0 Å². The van der Waals surface area contributed by atoms with Crippen LogP contribution in [0.5, 0.6) is 0 Å². The van der Waals surface area contributed by atoms with Crippen molar-refractivity contribution < 1.29 is 4.74 Å². The van der Waals surface area contributed by atoms with Crippen molar-refractivity contribution in [3.63, 3.8) is 0 Å². The summed E-state index contributed by atoms with van der Waals surface area (Å²) in [7, 11) is 2.02. The molecule has 21 heavy (non-hydrogen) atoms. The van der Waals surface area contributed by atoms with Crippen molar-refractivity contribution in [2.75, 3.05) is 6.61 Å². The third-order valence-corrected chi connectivity index (χ3v) is 4.05. The van der Waals surface area contributed by atoms with Crippen molar-refractivity contribution in [2.24, 2.45) is 7.05 Å². The lowest BCUT2D eigenvalue weighted by atomic mass is 10.1.